The van der Waals surface area contributed by atoms with Crippen LogP contribution in [0.4, 0.5) is 0 Å². The van der Waals surface area contributed by atoms with Crippen LogP contribution in [0.2, 0.25) is 0 Å². The van der Waals surface area contributed by atoms with Crippen molar-refractivity contribution in [2.45, 2.75) is 38.7 Å². The van der Waals surface area contributed by atoms with Gasteiger partial charge in [-0.15, -0.1) is 0 Å². The molecule has 0 unspecified atom stereocenters. The Morgan fingerprint density at radius 3 is 2.40 bits per heavy atom. The summed E-state index contributed by atoms with van der Waals surface area (Å²) >= 11 is 0. The van der Waals surface area contributed by atoms with E-state index in [0.29, 0.717) is 32.5 Å². The SMILES string of the molecule is COC(C)(C)CC1(C(=O)O)CCOCC1. The smallest absolute Gasteiger partial charge is 0.309 e. The molecule has 1 aliphatic heterocycles. The molecule has 0 amide bonds. The fourth-order valence-corrected chi connectivity index (χ4v) is 2.12. The normalized spacial score (nSPS) is 21.3. The Labute approximate surface area is 90.6 Å². The van der Waals surface area contributed by atoms with Gasteiger partial charge in [-0.2, -0.15) is 0 Å². The maximum absolute atomic E-state index is 11.4. The van der Waals surface area contributed by atoms with E-state index in [0.717, 1.165) is 0 Å². The number of carboxylic acid groups (broad SMARTS) is 1. The molecule has 0 bridgehead atoms. The van der Waals surface area contributed by atoms with E-state index in [2.05, 4.69) is 0 Å². The number of hydrogen-bond acceptors (Lipinski definition) is 3. The Morgan fingerprint density at radius 1 is 1.47 bits per heavy atom. The molecular formula is C11H20O4. The number of carboxylic acids is 1. The van der Waals surface area contributed by atoms with E-state index in [-0.39, 0.29) is 0 Å². The van der Waals surface area contributed by atoms with Crippen molar-refractivity contribution in [2.75, 3.05) is 20.3 Å². The molecule has 4 nitrogen and oxygen atoms in total. The van der Waals surface area contributed by atoms with E-state index in [9.17, 15) is 9.90 Å². The van der Waals surface area contributed by atoms with Crippen LogP contribution in [-0.4, -0.2) is 37.0 Å². The molecule has 88 valence electrons. The predicted octanol–water partition coefficient (Wildman–Crippen LogP) is 1.68. The van der Waals surface area contributed by atoms with E-state index in [4.69, 9.17) is 9.47 Å². The van der Waals surface area contributed by atoms with Crippen molar-refractivity contribution in [3.05, 3.63) is 0 Å². The first-order valence-corrected chi connectivity index (χ1v) is 5.28. The molecule has 4 heteroatoms. The topological polar surface area (TPSA) is 55.8 Å². The number of carbonyl (C=O) groups is 1. The maximum atomic E-state index is 11.4. The maximum Gasteiger partial charge on any atom is 0.309 e. The summed E-state index contributed by atoms with van der Waals surface area (Å²) in [6, 6.07) is 0. The molecule has 1 heterocycles. The Kier molecular flexibility index (Phi) is 3.73. The van der Waals surface area contributed by atoms with Gasteiger partial charge in [-0.25, -0.2) is 0 Å². The van der Waals surface area contributed by atoms with Gasteiger partial charge in [0.1, 0.15) is 0 Å². The highest BCUT2D eigenvalue weighted by atomic mass is 16.5. The molecule has 1 N–H and O–H groups in total. The molecule has 15 heavy (non-hydrogen) atoms. The van der Waals surface area contributed by atoms with Gasteiger partial charge in [0.15, 0.2) is 0 Å². The Balaban J connectivity index is 2.77. The molecule has 0 aromatic rings. The first-order chi connectivity index (χ1) is 6.92. The third-order valence-electron chi connectivity index (χ3n) is 3.22. The van der Waals surface area contributed by atoms with Crippen LogP contribution in [0.25, 0.3) is 0 Å². The molecule has 1 rings (SSSR count). The van der Waals surface area contributed by atoms with Crippen LogP contribution in [-0.2, 0) is 14.3 Å². The van der Waals surface area contributed by atoms with E-state index in [1.807, 2.05) is 13.8 Å². The second-order valence-electron chi connectivity index (χ2n) is 4.84. The molecule has 0 aliphatic carbocycles. The molecular weight excluding hydrogens is 196 g/mol. The summed E-state index contributed by atoms with van der Waals surface area (Å²) in [5.74, 6) is -0.726. The van der Waals surface area contributed by atoms with E-state index >= 15 is 0 Å². The summed E-state index contributed by atoms with van der Waals surface area (Å²) in [6.07, 6.45) is 1.69. The van der Waals surface area contributed by atoms with Crippen molar-refractivity contribution < 1.29 is 19.4 Å². The first kappa shape index (κ1) is 12.5. The Morgan fingerprint density at radius 2 is 2.00 bits per heavy atom. The second kappa shape index (κ2) is 4.49. The minimum atomic E-state index is -0.726. The number of rotatable bonds is 4. The first-order valence-electron chi connectivity index (χ1n) is 5.28. The third kappa shape index (κ3) is 2.92. The molecule has 1 aliphatic rings. The van der Waals surface area contributed by atoms with Gasteiger partial charge in [0.05, 0.1) is 11.0 Å². The highest BCUT2D eigenvalue weighted by molar-refractivity contribution is 5.74. The monoisotopic (exact) mass is 216 g/mol. The molecule has 0 aromatic carbocycles. The van der Waals surface area contributed by atoms with Crippen molar-refractivity contribution >= 4 is 5.97 Å². The standard InChI is InChI=1S/C11H20O4/c1-10(2,14-3)8-11(9(12)13)4-6-15-7-5-11/h4-8H2,1-3H3,(H,12,13). The second-order valence-corrected chi connectivity index (χ2v) is 4.84. The van der Waals surface area contributed by atoms with Crippen LogP contribution in [0.5, 0.6) is 0 Å². The van der Waals surface area contributed by atoms with Crippen LogP contribution in [0, 0.1) is 5.41 Å². The lowest BCUT2D eigenvalue weighted by atomic mass is 9.73. The van der Waals surface area contributed by atoms with Crippen molar-refractivity contribution in [2.24, 2.45) is 5.41 Å². The van der Waals surface area contributed by atoms with Crippen molar-refractivity contribution in [3.8, 4) is 0 Å². The lowest BCUT2D eigenvalue weighted by Crippen LogP contribution is -2.43. The summed E-state index contributed by atoms with van der Waals surface area (Å²) in [6.45, 7) is 4.92. The van der Waals surface area contributed by atoms with Crippen LogP contribution in [0.1, 0.15) is 33.1 Å². The zero-order valence-electron chi connectivity index (χ0n) is 9.71. The Bertz CT molecular complexity index is 229. The average molecular weight is 216 g/mol. The molecule has 0 spiro atoms. The zero-order valence-corrected chi connectivity index (χ0v) is 9.71. The molecule has 1 fully saturated rings. The molecule has 0 saturated carbocycles. The van der Waals surface area contributed by atoms with E-state index in [1.165, 1.54) is 0 Å². The molecule has 0 aromatic heterocycles. The summed E-state index contributed by atoms with van der Waals surface area (Å²) < 4.78 is 10.5. The molecule has 0 atom stereocenters. The van der Waals surface area contributed by atoms with Gasteiger partial charge in [0, 0.05) is 20.3 Å². The highest BCUT2D eigenvalue weighted by Crippen LogP contribution is 2.39. The summed E-state index contributed by atoms with van der Waals surface area (Å²) in [5, 5.41) is 9.34. The number of aliphatic carboxylic acids is 1. The lowest BCUT2D eigenvalue weighted by Gasteiger charge is -2.38. The van der Waals surface area contributed by atoms with Crippen LogP contribution < -0.4 is 0 Å². The summed E-state index contributed by atoms with van der Waals surface area (Å²) in [4.78, 5) is 11.4. The minimum absolute atomic E-state index is 0.393. The van der Waals surface area contributed by atoms with Gasteiger partial charge in [-0.05, 0) is 33.1 Å². The van der Waals surface area contributed by atoms with Gasteiger partial charge in [-0.1, -0.05) is 0 Å². The zero-order chi connectivity index (χ0) is 11.5. The fraction of sp³-hybridized carbons (Fsp3) is 0.909. The number of methoxy groups -OCH3 is 1. The quantitative estimate of drug-likeness (QED) is 0.776. The van der Waals surface area contributed by atoms with Gasteiger partial charge in [0.25, 0.3) is 0 Å². The van der Waals surface area contributed by atoms with Gasteiger partial charge in [-0.3, -0.25) is 4.79 Å². The molecule has 1 saturated heterocycles. The average Bonchev–Trinajstić information content (AvgIpc) is 2.18. The number of ether oxygens (including phenoxy) is 2. The Hall–Kier alpha value is -0.610. The number of hydrogen-bond donors (Lipinski definition) is 1. The van der Waals surface area contributed by atoms with E-state index in [1.54, 1.807) is 7.11 Å². The van der Waals surface area contributed by atoms with Crippen LogP contribution in [0.15, 0.2) is 0 Å². The highest BCUT2D eigenvalue weighted by Gasteiger charge is 2.44. The van der Waals surface area contributed by atoms with Gasteiger partial charge in [0.2, 0.25) is 0 Å². The van der Waals surface area contributed by atoms with Crippen molar-refractivity contribution in [1.82, 2.24) is 0 Å². The lowest BCUT2D eigenvalue weighted by molar-refractivity contribution is -0.161. The van der Waals surface area contributed by atoms with Gasteiger partial charge < -0.3 is 14.6 Å². The van der Waals surface area contributed by atoms with Crippen LogP contribution in [0.3, 0.4) is 0 Å². The minimum Gasteiger partial charge on any atom is -0.481 e. The predicted molar refractivity (Wildman–Crippen MR) is 55.8 cm³/mol. The van der Waals surface area contributed by atoms with Crippen molar-refractivity contribution in [3.63, 3.8) is 0 Å². The van der Waals surface area contributed by atoms with Crippen molar-refractivity contribution in [1.29, 1.82) is 0 Å². The van der Waals surface area contributed by atoms with E-state index < -0.39 is 17.0 Å². The summed E-state index contributed by atoms with van der Waals surface area (Å²) in [5.41, 5.74) is -1.06. The summed E-state index contributed by atoms with van der Waals surface area (Å²) in [7, 11) is 1.62. The molecule has 0 radical (unpaired) electrons. The van der Waals surface area contributed by atoms with Crippen LogP contribution >= 0.6 is 0 Å². The fourth-order valence-electron chi connectivity index (χ4n) is 2.12. The third-order valence-corrected chi connectivity index (χ3v) is 3.22. The van der Waals surface area contributed by atoms with Gasteiger partial charge >= 0.3 is 5.97 Å². The largest absolute Gasteiger partial charge is 0.481 e.